The molecule has 0 saturated heterocycles. The van der Waals surface area contributed by atoms with E-state index in [9.17, 15) is 14.4 Å². The molecule has 1 aromatic carbocycles. The maximum atomic E-state index is 14.8. The van der Waals surface area contributed by atoms with Crippen LogP contribution in [0.4, 0.5) is 0 Å². The molecule has 0 N–H and O–H groups in total. The Morgan fingerprint density at radius 1 is 0.822 bits per heavy atom. The van der Waals surface area contributed by atoms with Gasteiger partial charge in [0.05, 0.1) is 5.41 Å². The Labute approximate surface area is 272 Å². The van der Waals surface area contributed by atoms with Crippen LogP contribution in [-0.4, -0.2) is 23.6 Å². The largest absolute Gasteiger partial charge is 0.461 e. The average Bonchev–Trinajstić information content (AvgIpc) is 2.96. The van der Waals surface area contributed by atoms with Crippen LogP contribution in [0.3, 0.4) is 0 Å². The third kappa shape index (κ3) is 4.61. The topological polar surface area (TPSA) is 60.4 Å². The van der Waals surface area contributed by atoms with Crippen LogP contribution in [0.15, 0.2) is 42.0 Å². The van der Waals surface area contributed by atoms with Crippen molar-refractivity contribution >= 4 is 17.5 Å². The molecule has 6 rings (SSSR count). The number of fused-ring (bicyclic) bond motifs is 7. The zero-order valence-electron chi connectivity index (χ0n) is 29.8. The monoisotopic (exact) mass is 614 g/mol. The van der Waals surface area contributed by atoms with E-state index in [2.05, 4.69) is 54.5 Å². The van der Waals surface area contributed by atoms with Crippen molar-refractivity contribution in [3.05, 3.63) is 47.5 Å². The number of esters is 1. The lowest BCUT2D eigenvalue weighted by molar-refractivity contribution is -0.213. The molecule has 1 aromatic rings. The summed E-state index contributed by atoms with van der Waals surface area (Å²) < 4.78 is 6.24. The van der Waals surface area contributed by atoms with E-state index in [1.165, 1.54) is 5.57 Å². The molecule has 0 unspecified atom stereocenters. The molecular formula is C41H58O4. The van der Waals surface area contributed by atoms with E-state index < -0.39 is 10.8 Å². The quantitative estimate of drug-likeness (QED) is 0.251. The second-order valence-electron chi connectivity index (χ2n) is 19.0. The molecule has 0 radical (unpaired) electrons. The van der Waals surface area contributed by atoms with Crippen molar-refractivity contribution in [2.24, 2.45) is 55.7 Å². The Hall–Kier alpha value is -2.23. The number of ketones is 2. The van der Waals surface area contributed by atoms with E-state index >= 15 is 0 Å². The van der Waals surface area contributed by atoms with E-state index in [1.807, 2.05) is 51.1 Å². The number of allylic oxidation sites excluding steroid dienone is 2. The molecule has 0 bridgehead atoms. The maximum absolute atomic E-state index is 14.8. The Morgan fingerprint density at radius 3 is 2.11 bits per heavy atom. The van der Waals surface area contributed by atoms with Gasteiger partial charge >= 0.3 is 5.97 Å². The number of carbonyl (C=O) groups excluding carboxylic acids is 3. The van der Waals surface area contributed by atoms with Crippen molar-refractivity contribution in [3.8, 4) is 0 Å². The first-order valence-corrected chi connectivity index (χ1v) is 17.8. The second kappa shape index (κ2) is 10.1. The molecular weight excluding hydrogens is 556 g/mol. The second-order valence-corrected chi connectivity index (χ2v) is 19.0. The number of carbonyl (C=O) groups is 3. The minimum atomic E-state index is -0.534. The Morgan fingerprint density at radius 2 is 1.47 bits per heavy atom. The lowest BCUT2D eigenvalue weighted by Crippen LogP contribution is -2.66. The summed E-state index contributed by atoms with van der Waals surface area (Å²) in [5.41, 5.74) is 0.698. The van der Waals surface area contributed by atoms with Gasteiger partial charge in [0.15, 0.2) is 11.6 Å². The van der Waals surface area contributed by atoms with Gasteiger partial charge in [0.25, 0.3) is 0 Å². The molecule has 4 fully saturated rings. The van der Waals surface area contributed by atoms with Crippen LogP contribution in [0.1, 0.15) is 137 Å². The Bertz CT molecular complexity index is 1430. The zero-order valence-corrected chi connectivity index (χ0v) is 29.8. The van der Waals surface area contributed by atoms with E-state index in [0.717, 1.165) is 63.4 Å². The molecule has 45 heavy (non-hydrogen) atoms. The summed E-state index contributed by atoms with van der Waals surface area (Å²) in [6.45, 7) is 22.3. The summed E-state index contributed by atoms with van der Waals surface area (Å²) in [6.07, 6.45) is 10.7. The van der Waals surface area contributed by atoms with Crippen molar-refractivity contribution in [1.82, 2.24) is 0 Å². The van der Waals surface area contributed by atoms with Gasteiger partial charge in [-0.15, -0.1) is 0 Å². The van der Waals surface area contributed by atoms with E-state index in [0.29, 0.717) is 11.7 Å². The van der Waals surface area contributed by atoms with Gasteiger partial charge in [0.2, 0.25) is 0 Å². The predicted molar refractivity (Wildman–Crippen MR) is 180 cm³/mol. The average molecular weight is 615 g/mol. The van der Waals surface area contributed by atoms with Crippen LogP contribution in [-0.2, 0) is 14.3 Å². The highest BCUT2D eigenvalue weighted by molar-refractivity contribution is 6.00. The van der Waals surface area contributed by atoms with Crippen LogP contribution in [0.2, 0.25) is 0 Å². The third-order valence-electron chi connectivity index (χ3n) is 15.0. The molecule has 4 nitrogen and oxygen atoms in total. The van der Waals surface area contributed by atoms with E-state index in [1.54, 1.807) is 0 Å². The van der Waals surface area contributed by atoms with Crippen LogP contribution in [0.5, 0.6) is 0 Å². The normalized spacial score (nSPS) is 44.0. The first kappa shape index (κ1) is 32.7. The molecule has 0 spiro atoms. The lowest BCUT2D eigenvalue weighted by Gasteiger charge is -2.70. The van der Waals surface area contributed by atoms with Gasteiger partial charge in [-0.3, -0.25) is 14.4 Å². The van der Waals surface area contributed by atoms with Crippen molar-refractivity contribution < 1.29 is 19.1 Å². The highest BCUT2D eigenvalue weighted by Gasteiger charge is 2.70. The van der Waals surface area contributed by atoms with Crippen LogP contribution >= 0.6 is 0 Å². The summed E-state index contributed by atoms with van der Waals surface area (Å²) >= 11 is 0. The van der Waals surface area contributed by atoms with Gasteiger partial charge in [0.1, 0.15) is 6.10 Å². The Kier molecular flexibility index (Phi) is 7.36. The maximum Gasteiger partial charge on any atom is 0.311 e. The van der Waals surface area contributed by atoms with Crippen LogP contribution in [0.25, 0.3) is 0 Å². The van der Waals surface area contributed by atoms with E-state index in [4.69, 9.17) is 4.74 Å². The van der Waals surface area contributed by atoms with Crippen molar-refractivity contribution in [2.75, 3.05) is 0 Å². The van der Waals surface area contributed by atoms with Gasteiger partial charge in [-0.1, -0.05) is 84.4 Å². The summed E-state index contributed by atoms with van der Waals surface area (Å²) in [5, 5.41) is 0. The predicted octanol–water partition coefficient (Wildman–Crippen LogP) is 9.81. The summed E-state index contributed by atoms with van der Waals surface area (Å²) in [5.74, 6) is 0.911. The van der Waals surface area contributed by atoms with Crippen molar-refractivity contribution in [2.45, 2.75) is 133 Å². The van der Waals surface area contributed by atoms with Gasteiger partial charge in [-0.2, -0.15) is 0 Å². The molecule has 9 atom stereocenters. The van der Waals surface area contributed by atoms with Crippen molar-refractivity contribution in [1.29, 1.82) is 0 Å². The molecule has 5 aliphatic rings. The summed E-state index contributed by atoms with van der Waals surface area (Å²) in [6, 6.07) is 9.82. The SMILES string of the molecule is CC(C)(C)C(=O)O[C@H]1CC[C@]2(C)[C@H]3C(=O)C=C4[C@@H]5C[C@@](C)(C(=O)c6ccccc6)CC[C@]5(C)CC[C@@]4(C)[C@]3(C)CC[C@H]2C1(C)C. The highest BCUT2D eigenvalue weighted by Crippen LogP contribution is 2.75. The minimum Gasteiger partial charge on any atom is -0.461 e. The number of hydrogen-bond acceptors (Lipinski definition) is 4. The number of hydrogen-bond donors (Lipinski definition) is 0. The first-order chi connectivity index (χ1) is 20.7. The fourth-order valence-electron chi connectivity index (χ4n) is 11.8. The standard InChI is InChI=1S/C41H58O4/c1-35(2,3)34(44)45-31-17-18-39(8)30(36(31,4)5)16-19-41(10)32(39)29(42)24-27-28-25-38(7,33(43)26-14-12-11-13-15-26)21-20-37(28,6)22-23-40(27,41)9/h11-15,24,28,30-32H,16-23,25H2,1-10H3/t28-,30-,31-,32+,37+,38-,39-,40+,41+/m0/s1. The van der Waals surface area contributed by atoms with Gasteiger partial charge in [-0.05, 0) is 118 Å². The first-order valence-electron chi connectivity index (χ1n) is 17.8. The summed E-state index contributed by atoms with van der Waals surface area (Å²) in [7, 11) is 0. The molecule has 0 amide bonds. The summed E-state index contributed by atoms with van der Waals surface area (Å²) in [4.78, 5) is 41.7. The number of rotatable bonds is 3. The van der Waals surface area contributed by atoms with Crippen molar-refractivity contribution in [3.63, 3.8) is 0 Å². The molecule has 0 heterocycles. The van der Waals surface area contributed by atoms with Gasteiger partial charge < -0.3 is 4.74 Å². The molecule has 5 aliphatic carbocycles. The van der Waals surface area contributed by atoms with Crippen LogP contribution in [0, 0.1) is 55.7 Å². The number of benzene rings is 1. The van der Waals surface area contributed by atoms with E-state index in [-0.39, 0.29) is 56.8 Å². The smallest absolute Gasteiger partial charge is 0.311 e. The minimum absolute atomic E-state index is 0.0543. The molecule has 0 aromatic heterocycles. The fraction of sp³-hybridized carbons (Fsp3) is 0.732. The van der Waals surface area contributed by atoms with Gasteiger partial charge in [0, 0.05) is 22.3 Å². The molecule has 4 heteroatoms. The van der Waals surface area contributed by atoms with Crippen LogP contribution < -0.4 is 0 Å². The molecule has 0 aliphatic heterocycles. The Balaban J connectivity index is 1.36. The zero-order chi connectivity index (χ0) is 33.0. The lowest BCUT2D eigenvalue weighted by atomic mass is 9.33. The third-order valence-corrected chi connectivity index (χ3v) is 15.0. The van der Waals surface area contributed by atoms with Gasteiger partial charge in [-0.25, -0.2) is 0 Å². The fourth-order valence-corrected chi connectivity index (χ4v) is 11.8. The molecule has 4 saturated carbocycles. The number of ether oxygens (including phenoxy) is 1. The number of Topliss-reactive ketones (excluding diaryl/α,β-unsaturated/α-hetero) is 1. The molecule has 246 valence electrons. The highest BCUT2D eigenvalue weighted by atomic mass is 16.5.